The molecule has 0 unspecified atom stereocenters. The van der Waals surface area contributed by atoms with Gasteiger partial charge in [0.15, 0.2) is 0 Å². The molecule has 5 aliphatic rings. The highest BCUT2D eigenvalue weighted by Crippen LogP contribution is 2.79. The van der Waals surface area contributed by atoms with E-state index in [1.54, 1.807) is 0 Å². The van der Waals surface area contributed by atoms with E-state index in [0.717, 1.165) is 31.1 Å². The first-order chi connectivity index (χ1) is 14.7. The Morgan fingerprint density at radius 1 is 0.844 bits per heavy atom. The zero-order chi connectivity index (χ0) is 23.5. The minimum Gasteiger partial charge on any atom is -0.299 e. The van der Waals surface area contributed by atoms with Crippen LogP contribution in [0.4, 0.5) is 0 Å². The third-order valence-electron chi connectivity index (χ3n) is 14.3. The fourth-order valence-corrected chi connectivity index (χ4v) is 11.3. The first-order valence-electron chi connectivity index (χ1n) is 13.9. The van der Waals surface area contributed by atoms with Crippen molar-refractivity contribution >= 4 is 5.78 Å². The number of hydrogen-bond acceptors (Lipinski definition) is 1. The zero-order valence-electron chi connectivity index (χ0n) is 22.7. The van der Waals surface area contributed by atoms with Crippen LogP contribution < -0.4 is 0 Å². The molecule has 0 saturated heterocycles. The molecule has 1 nitrogen and oxygen atoms in total. The lowest BCUT2D eigenvalue weighted by Crippen LogP contribution is -2.68. The minimum absolute atomic E-state index is 0.166. The molecule has 0 aromatic carbocycles. The van der Waals surface area contributed by atoms with Crippen LogP contribution in [0.2, 0.25) is 0 Å². The first-order valence-corrected chi connectivity index (χ1v) is 13.9. The smallest absolute Gasteiger partial charge is 0.138 e. The van der Waals surface area contributed by atoms with E-state index in [-0.39, 0.29) is 5.41 Å². The molecule has 0 bridgehead atoms. The molecule has 0 aromatic heterocycles. The van der Waals surface area contributed by atoms with Gasteiger partial charge in [-0.3, -0.25) is 4.79 Å². The molecule has 0 heterocycles. The number of ketones is 1. The summed E-state index contributed by atoms with van der Waals surface area (Å²) in [5.74, 6) is 3.31. The number of rotatable bonds is 0. The van der Waals surface area contributed by atoms with Gasteiger partial charge in [0.1, 0.15) is 5.78 Å². The van der Waals surface area contributed by atoms with Crippen molar-refractivity contribution in [2.75, 3.05) is 0 Å². The molecule has 5 rings (SSSR count). The minimum atomic E-state index is -0.166. The normalized spacial score (nSPS) is 56.9. The second-order valence-corrected chi connectivity index (χ2v) is 14.9. The topological polar surface area (TPSA) is 17.1 Å². The standard InChI is InChI=1S/C31H50O/c1-20-12-15-27(5)18-19-29(7)23-10-11-24-26(3,4)25(32)14-16-28(24,6)22(23)13-17-30(29,8)31(27,9)21(20)2/h10,20-22,24H,11-19H2,1-9H3/t20-,21+,22-,24+,27+,28-,29+,30-,31+/m1/s1. The summed E-state index contributed by atoms with van der Waals surface area (Å²) in [6, 6.07) is 0. The van der Waals surface area contributed by atoms with Gasteiger partial charge in [0.2, 0.25) is 0 Å². The van der Waals surface area contributed by atoms with Gasteiger partial charge in [-0.25, -0.2) is 0 Å². The Bertz CT molecular complexity index is 866. The largest absolute Gasteiger partial charge is 0.299 e. The molecule has 0 aliphatic heterocycles. The summed E-state index contributed by atoms with van der Waals surface area (Å²) in [5.41, 5.74) is 3.46. The zero-order valence-corrected chi connectivity index (χ0v) is 22.7. The van der Waals surface area contributed by atoms with Gasteiger partial charge >= 0.3 is 0 Å². The van der Waals surface area contributed by atoms with E-state index in [9.17, 15) is 4.79 Å². The lowest BCUT2D eigenvalue weighted by molar-refractivity contribution is -0.241. The van der Waals surface area contributed by atoms with Crippen molar-refractivity contribution in [3.63, 3.8) is 0 Å². The average Bonchev–Trinajstić information content (AvgIpc) is 2.73. The van der Waals surface area contributed by atoms with Gasteiger partial charge in [-0.2, -0.15) is 0 Å². The summed E-state index contributed by atoms with van der Waals surface area (Å²) in [4.78, 5) is 12.9. The molecule has 180 valence electrons. The second-order valence-electron chi connectivity index (χ2n) is 14.9. The number of allylic oxidation sites excluding steroid dienone is 2. The Morgan fingerprint density at radius 2 is 1.53 bits per heavy atom. The van der Waals surface area contributed by atoms with Gasteiger partial charge in [0.25, 0.3) is 0 Å². The summed E-state index contributed by atoms with van der Waals surface area (Å²) in [6.45, 7) is 23.0. The summed E-state index contributed by atoms with van der Waals surface area (Å²) >= 11 is 0. The molecule has 4 saturated carbocycles. The third-order valence-corrected chi connectivity index (χ3v) is 14.3. The predicted octanol–water partition coefficient (Wildman–Crippen LogP) is 8.62. The van der Waals surface area contributed by atoms with E-state index in [2.05, 4.69) is 68.4 Å². The summed E-state index contributed by atoms with van der Waals surface area (Å²) < 4.78 is 0. The van der Waals surface area contributed by atoms with Crippen molar-refractivity contribution in [2.24, 2.45) is 56.2 Å². The summed E-state index contributed by atoms with van der Waals surface area (Å²) in [6.07, 6.45) is 14.0. The van der Waals surface area contributed by atoms with E-state index in [4.69, 9.17) is 0 Å². The first kappa shape index (κ1) is 23.2. The van der Waals surface area contributed by atoms with E-state index in [0.29, 0.717) is 44.7 Å². The van der Waals surface area contributed by atoms with Gasteiger partial charge in [0, 0.05) is 11.8 Å². The lowest BCUT2D eigenvalue weighted by Gasteiger charge is -2.76. The van der Waals surface area contributed by atoms with E-state index >= 15 is 0 Å². The van der Waals surface area contributed by atoms with Crippen molar-refractivity contribution in [1.82, 2.24) is 0 Å². The highest BCUT2D eigenvalue weighted by molar-refractivity contribution is 5.85. The van der Waals surface area contributed by atoms with Crippen LogP contribution in [-0.4, -0.2) is 5.78 Å². The van der Waals surface area contributed by atoms with E-state index in [1.807, 2.05) is 5.57 Å². The molecule has 1 heteroatoms. The highest BCUT2D eigenvalue weighted by atomic mass is 16.1. The van der Waals surface area contributed by atoms with Crippen LogP contribution in [0.15, 0.2) is 11.6 Å². The maximum Gasteiger partial charge on any atom is 0.138 e. The predicted molar refractivity (Wildman–Crippen MR) is 134 cm³/mol. The van der Waals surface area contributed by atoms with Crippen LogP contribution in [0.5, 0.6) is 0 Å². The fraction of sp³-hybridized carbons (Fsp3) is 0.903. The highest BCUT2D eigenvalue weighted by Gasteiger charge is 2.72. The van der Waals surface area contributed by atoms with Gasteiger partial charge in [0.05, 0.1) is 0 Å². The SMILES string of the molecule is C[C@@H]1CC[C@@]2(C)CC[C@@]3(C)C4=CC[C@H]5C(C)(C)C(=O)CC[C@]5(C)[C@@H]4CC[C@@]3(C)[C@@]2(C)[C@H]1C. The monoisotopic (exact) mass is 438 g/mol. The molecule has 32 heavy (non-hydrogen) atoms. The Kier molecular flexibility index (Phi) is 4.74. The van der Waals surface area contributed by atoms with E-state index < -0.39 is 0 Å². The molecule has 4 fully saturated rings. The Labute approximate surface area is 198 Å². The number of fused-ring (bicyclic) bond motifs is 7. The Morgan fingerprint density at radius 3 is 2.22 bits per heavy atom. The molecule has 0 aromatic rings. The van der Waals surface area contributed by atoms with Gasteiger partial charge in [-0.05, 0) is 102 Å². The number of hydrogen-bond donors (Lipinski definition) is 0. The summed E-state index contributed by atoms with van der Waals surface area (Å²) in [5, 5.41) is 0. The van der Waals surface area contributed by atoms with Crippen molar-refractivity contribution in [1.29, 1.82) is 0 Å². The lowest BCUT2D eigenvalue weighted by atomic mass is 9.28. The number of Topliss-reactive ketones (excluding diaryl/α,β-unsaturated/α-hetero) is 1. The van der Waals surface area contributed by atoms with Gasteiger partial charge in [-0.15, -0.1) is 0 Å². The summed E-state index contributed by atoms with van der Waals surface area (Å²) in [7, 11) is 0. The van der Waals surface area contributed by atoms with Gasteiger partial charge < -0.3 is 0 Å². The van der Waals surface area contributed by atoms with E-state index in [1.165, 1.54) is 38.5 Å². The molecule has 5 aliphatic carbocycles. The van der Waals surface area contributed by atoms with Crippen LogP contribution in [0.1, 0.15) is 120 Å². The van der Waals surface area contributed by atoms with Crippen LogP contribution in [-0.2, 0) is 4.79 Å². The van der Waals surface area contributed by atoms with Crippen LogP contribution >= 0.6 is 0 Å². The molecule has 9 atom stereocenters. The Balaban J connectivity index is 1.63. The maximum absolute atomic E-state index is 12.9. The van der Waals surface area contributed by atoms with Crippen LogP contribution in [0.3, 0.4) is 0 Å². The fourth-order valence-electron chi connectivity index (χ4n) is 11.3. The maximum atomic E-state index is 12.9. The molecule has 0 amide bonds. The van der Waals surface area contributed by atoms with Crippen molar-refractivity contribution in [2.45, 2.75) is 120 Å². The quantitative estimate of drug-likeness (QED) is 0.346. The van der Waals surface area contributed by atoms with Crippen molar-refractivity contribution in [3.8, 4) is 0 Å². The molecule has 0 spiro atoms. The number of carbonyl (C=O) groups excluding carboxylic acids is 1. The molecular formula is C31H50O. The second kappa shape index (κ2) is 6.54. The number of carbonyl (C=O) groups is 1. The third kappa shape index (κ3) is 2.35. The van der Waals surface area contributed by atoms with Crippen LogP contribution in [0, 0.1) is 56.2 Å². The molecular weight excluding hydrogens is 388 g/mol. The molecule has 0 radical (unpaired) electrons. The van der Waals surface area contributed by atoms with Gasteiger partial charge in [-0.1, -0.05) is 74.0 Å². The van der Waals surface area contributed by atoms with Crippen molar-refractivity contribution < 1.29 is 4.79 Å². The Hall–Kier alpha value is -0.590. The average molecular weight is 439 g/mol. The van der Waals surface area contributed by atoms with Crippen molar-refractivity contribution in [3.05, 3.63) is 11.6 Å². The molecule has 0 N–H and O–H groups in total. The van der Waals surface area contributed by atoms with Crippen LogP contribution in [0.25, 0.3) is 0 Å².